The molecule has 1 aliphatic rings. The van der Waals surface area contributed by atoms with Crippen molar-refractivity contribution in [3.05, 3.63) is 23.8 Å². The molecule has 4 heterocycles. The van der Waals surface area contributed by atoms with Crippen molar-refractivity contribution in [2.75, 3.05) is 18.0 Å². The highest BCUT2D eigenvalue weighted by Gasteiger charge is 2.29. The van der Waals surface area contributed by atoms with Crippen LogP contribution < -0.4 is 11.5 Å². The van der Waals surface area contributed by atoms with Gasteiger partial charge in [-0.2, -0.15) is 15.1 Å². The summed E-state index contributed by atoms with van der Waals surface area (Å²) in [6.07, 6.45) is 3.99. The fourth-order valence-corrected chi connectivity index (χ4v) is 3.20. The Morgan fingerprint density at radius 3 is 2.96 bits per heavy atom. The number of aryl methyl sites for hydroxylation is 1. The molecule has 1 atom stereocenters. The number of imidazole rings is 1. The predicted octanol–water partition coefficient (Wildman–Crippen LogP) is 0.588. The van der Waals surface area contributed by atoms with Crippen LogP contribution >= 0.6 is 0 Å². The highest BCUT2D eigenvalue weighted by Crippen LogP contribution is 2.32. The molecule has 0 radical (unpaired) electrons. The lowest BCUT2D eigenvalue weighted by Crippen LogP contribution is -2.24. The van der Waals surface area contributed by atoms with E-state index in [0.717, 1.165) is 31.8 Å². The maximum atomic E-state index is 5.91. The van der Waals surface area contributed by atoms with Gasteiger partial charge in [-0.1, -0.05) is 0 Å². The second kappa shape index (κ2) is 5.20. The van der Waals surface area contributed by atoms with Crippen molar-refractivity contribution in [2.24, 2.45) is 7.05 Å². The summed E-state index contributed by atoms with van der Waals surface area (Å²) in [5.74, 6) is 1.35. The monoisotopic (exact) mass is 313 g/mol. The lowest BCUT2D eigenvalue weighted by atomic mass is 10.2. The van der Waals surface area contributed by atoms with E-state index in [0.29, 0.717) is 17.0 Å². The van der Waals surface area contributed by atoms with E-state index in [1.165, 1.54) is 5.69 Å². The van der Waals surface area contributed by atoms with Crippen molar-refractivity contribution in [3.63, 3.8) is 0 Å². The molecule has 120 valence electrons. The number of rotatable bonds is 3. The Morgan fingerprint density at radius 1 is 1.30 bits per heavy atom. The van der Waals surface area contributed by atoms with Gasteiger partial charge in [-0.25, -0.2) is 4.98 Å². The Balaban J connectivity index is 1.66. The van der Waals surface area contributed by atoms with Crippen LogP contribution in [0.3, 0.4) is 0 Å². The average Bonchev–Trinajstić information content (AvgIpc) is 3.19. The summed E-state index contributed by atoms with van der Waals surface area (Å²) in [5, 5.41) is 4.23. The van der Waals surface area contributed by atoms with E-state index in [-0.39, 0.29) is 12.0 Å². The van der Waals surface area contributed by atoms with Gasteiger partial charge in [0.15, 0.2) is 11.5 Å². The van der Waals surface area contributed by atoms with Crippen molar-refractivity contribution in [1.29, 1.82) is 0 Å². The van der Waals surface area contributed by atoms with Crippen LogP contribution in [0.25, 0.3) is 11.2 Å². The highest BCUT2D eigenvalue weighted by molar-refractivity contribution is 5.82. The average molecular weight is 313 g/mol. The zero-order valence-corrected chi connectivity index (χ0v) is 12.9. The molecule has 1 saturated heterocycles. The van der Waals surface area contributed by atoms with Gasteiger partial charge in [0, 0.05) is 19.8 Å². The molecule has 9 heteroatoms. The summed E-state index contributed by atoms with van der Waals surface area (Å²) in [6, 6.07) is 2.25. The van der Waals surface area contributed by atoms with Crippen molar-refractivity contribution in [2.45, 2.75) is 25.4 Å². The summed E-state index contributed by atoms with van der Waals surface area (Å²) in [4.78, 5) is 18.4. The standard InChI is InChI=1S/C14H19N9/c1-22-8(4-5-17-22)7-23-6-2-3-9(23)12-18-10-11(15)19-14(16)21-13(10)20-12/h4-5,9H,2-3,6-7H2,1H3,(H5,15,16,18,19,20,21). The minimum atomic E-state index is 0.145. The number of nitrogens with zero attached hydrogens (tertiary/aromatic N) is 6. The zero-order valence-electron chi connectivity index (χ0n) is 12.9. The SMILES string of the molecule is Cn1nccc1CN1CCCC1c1nc2nc(N)nc(N)c2[nH]1. The lowest BCUT2D eigenvalue weighted by Gasteiger charge is -2.22. The number of aromatic amines is 1. The van der Waals surface area contributed by atoms with Gasteiger partial charge >= 0.3 is 0 Å². The van der Waals surface area contributed by atoms with E-state index in [1.807, 2.05) is 24.0 Å². The zero-order chi connectivity index (χ0) is 16.0. The molecular formula is C14H19N9. The van der Waals surface area contributed by atoms with E-state index >= 15 is 0 Å². The number of nitrogens with two attached hydrogens (primary N) is 2. The fourth-order valence-electron chi connectivity index (χ4n) is 3.20. The molecule has 3 aromatic rings. The molecule has 23 heavy (non-hydrogen) atoms. The Hall–Kier alpha value is -2.68. The van der Waals surface area contributed by atoms with Crippen LogP contribution in [0.15, 0.2) is 12.3 Å². The molecule has 1 fully saturated rings. The van der Waals surface area contributed by atoms with Gasteiger partial charge in [0.1, 0.15) is 11.3 Å². The number of anilines is 2. The first-order chi connectivity index (χ1) is 11.1. The first-order valence-electron chi connectivity index (χ1n) is 7.61. The second-order valence-electron chi connectivity index (χ2n) is 5.86. The number of aromatic nitrogens is 6. The third-order valence-electron chi connectivity index (χ3n) is 4.38. The molecule has 9 nitrogen and oxygen atoms in total. The second-order valence-corrected chi connectivity index (χ2v) is 5.86. The van der Waals surface area contributed by atoms with Crippen LogP contribution in [0.1, 0.15) is 30.4 Å². The smallest absolute Gasteiger partial charge is 0.224 e. The fraction of sp³-hybridized carbons (Fsp3) is 0.429. The molecule has 1 aliphatic heterocycles. The normalized spacial score (nSPS) is 18.9. The Kier molecular flexibility index (Phi) is 3.15. The van der Waals surface area contributed by atoms with Gasteiger partial charge in [-0.05, 0) is 25.5 Å². The molecule has 0 amide bonds. The number of H-pyrrole nitrogens is 1. The molecular weight excluding hydrogens is 294 g/mol. The quantitative estimate of drug-likeness (QED) is 0.645. The number of nitrogens with one attached hydrogen (secondary N) is 1. The van der Waals surface area contributed by atoms with Gasteiger partial charge in [0.25, 0.3) is 0 Å². The molecule has 0 bridgehead atoms. The van der Waals surface area contributed by atoms with Crippen molar-refractivity contribution >= 4 is 22.9 Å². The number of likely N-dealkylation sites (tertiary alicyclic amines) is 1. The van der Waals surface area contributed by atoms with E-state index in [4.69, 9.17) is 11.5 Å². The van der Waals surface area contributed by atoms with Gasteiger partial charge in [-0.3, -0.25) is 9.58 Å². The first kappa shape index (κ1) is 13.9. The highest BCUT2D eigenvalue weighted by atomic mass is 15.3. The summed E-state index contributed by atoms with van der Waals surface area (Å²) >= 11 is 0. The van der Waals surface area contributed by atoms with Crippen molar-refractivity contribution < 1.29 is 0 Å². The molecule has 0 aromatic carbocycles. The third kappa shape index (κ3) is 2.38. The van der Waals surface area contributed by atoms with Crippen LogP contribution in [0.5, 0.6) is 0 Å². The predicted molar refractivity (Wildman–Crippen MR) is 86.1 cm³/mol. The van der Waals surface area contributed by atoms with E-state index < -0.39 is 0 Å². The minimum Gasteiger partial charge on any atom is -0.382 e. The van der Waals surface area contributed by atoms with E-state index in [1.54, 1.807) is 0 Å². The topological polar surface area (TPSA) is 128 Å². The third-order valence-corrected chi connectivity index (χ3v) is 4.38. The van der Waals surface area contributed by atoms with Crippen LogP contribution in [-0.2, 0) is 13.6 Å². The lowest BCUT2D eigenvalue weighted by molar-refractivity contribution is 0.235. The number of nitrogen functional groups attached to an aromatic ring is 2. The summed E-state index contributed by atoms with van der Waals surface area (Å²) in [5.41, 5.74) is 13.9. The molecule has 4 rings (SSSR count). The van der Waals surface area contributed by atoms with Crippen molar-refractivity contribution in [3.8, 4) is 0 Å². The molecule has 0 saturated carbocycles. The Bertz CT molecular complexity index is 849. The summed E-state index contributed by atoms with van der Waals surface area (Å²) < 4.78 is 1.90. The van der Waals surface area contributed by atoms with Gasteiger partial charge < -0.3 is 16.5 Å². The number of hydrogen-bond donors (Lipinski definition) is 3. The summed E-state index contributed by atoms with van der Waals surface area (Å²) in [7, 11) is 1.96. The largest absolute Gasteiger partial charge is 0.382 e. The molecule has 0 aliphatic carbocycles. The first-order valence-corrected chi connectivity index (χ1v) is 7.61. The van der Waals surface area contributed by atoms with Crippen LogP contribution in [0, 0.1) is 0 Å². The van der Waals surface area contributed by atoms with E-state index in [9.17, 15) is 0 Å². The Labute approximate surface area is 132 Å². The molecule has 1 unspecified atom stereocenters. The minimum absolute atomic E-state index is 0.145. The maximum Gasteiger partial charge on any atom is 0.224 e. The van der Waals surface area contributed by atoms with Gasteiger partial charge in [-0.15, -0.1) is 0 Å². The molecule has 3 aromatic heterocycles. The summed E-state index contributed by atoms with van der Waals surface area (Å²) in [6.45, 7) is 1.86. The van der Waals surface area contributed by atoms with Crippen molar-refractivity contribution in [1.82, 2.24) is 34.6 Å². The van der Waals surface area contributed by atoms with E-state index in [2.05, 4.69) is 29.9 Å². The van der Waals surface area contributed by atoms with Crippen LogP contribution in [-0.4, -0.2) is 41.2 Å². The van der Waals surface area contributed by atoms with Crippen LogP contribution in [0.4, 0.5) is 11.8 Å². The van der Waals surface area contributed by atoms with Gasteiger partial charge in [0.05, 0.1) is 11.7 Å². The van der Waals surface area contributed by atoms with Gasteiger partial charge in [0.2, 0.25) is 5.95 Å². The number of fused-ring (bicyclic) bond motifs is 1. The number of hydrogen-bond acceptors (Lipinski definition) is 7. The molecule has 5 N–H and O–H groups in total. The van der Waals surface area contributed by atoms with Crippen LogP contribution in [0.2, 0.25) is 0 Å². The maximum absolute atomic E-state index is 5.91. The molecule has 0 spiro atoms. The Morgan fingerprint density at radius 2 is 2.17 bits per heavy atom.